The van der Waals surface area contributed by atoms with E-state index >= 15 is 0 Å². The summed E-state index contributed by atoms with van der Waals surface area (Å²) in [5.41, 5.74) is 0.450. The van der Waals surface area contributed by atoms with Crippen molar-refractivity contribution in [2.45, 2.75) is 13.0 Å². The first-order valence-corrected chi connectivity index (χ1v) is 10.8. The maximum atomic E-state index is 14.1. The van der Waals surface area contributed by atoms with E-state index in [-0.39, 0.29) is 23.6 Å². The van der Waals surface area contributed by atoms with Crippen molar-refractivity contribution in [3.63, 3.8) is 0 Å². The fraction of sp³-hybridized carbons (Fsp3) is 0.154. The van der Waals surface area contributed by atoms with Crippen molar-refractivity contribution in [1.82, 2.24) is 0 Å². The van der Waals surface area contributed by atoms with Gasteiger partial charge in [0.25, 0.3) is 11.7 Å². The standard InChI is InChI=1S/C26H19F2NO6/c1-2-33-17-7-3-14(4-8-17)23-22(24(30)15-5-10-20-21(11-15)35-13-34-20)25(31)26(32)29(23)16-6-9-18(27)19(28)12-16/h3-12,23,30H,2,13H2,1H3/b24-22-. The number of halogens is 2. The summed E-state index contributed by atoms with van der Waals surface area (Å²) in [6.07, 6.45) is 0. The number of fused-ring (bicyclic) bond motifs is 1. The molecule has 0 aromatic heterocycles. The van der Waals surface area contributed by atoms with Crippen molar-refractivity contribution in [3.8, 4) is 17.2 Å². The molecule has 5 rings (SSSR count). The number of hydrogen-bond acceptors (Lipinski definition) is 6. The molecule has 1 N–H and O–H groups in total. The van der Waals surface area contributed by atoms with E-state index in [1.54, 1.807) is 30.3 Å². The van der Waals surface area contributed by atoms with Gasteiger partial charge in [-0.05, 0) is 55.0 Å². The van der Waals surface area contributed by atoms with Crippen LogP contribution >= 0.6 is 0 Å². The summed E-state index contributed by atoms with van der Waals surface area (Å²) in [6, 6.07) is 13.0. The molecule has 2 aliphatic heterocycles. The number of ketones is 1. The lowest BCUT2D eigenvalue weighted by Crippen LogP contribution is -2.29. The van der Waals surface area contributed by atoms with E-state index in [1.165, 1.54) is 18.2 Å². The summed E-state index contributed by atoms with van der Waals surface area (Å²) >= 11 is 0. The number of amides is 1. The van der Waals surface area contributed by atoms with Gasteiger partial charge in [0.15, 0.2) is 23.1 Å². The topological polar surface area (TPSA) is 85.3 Å². The minimum Gasteiger partial charge on any atom is -0.507 e. The Kier molecular flexibility index (Phi) is 5.60. The van der Waals surface area contributed by atoms with Crippen LogP contribution in [-0.2, 0) is 9.59 Å². The molecule has 9 heteroatoms. The molecule has 1 fully saturated rings. The molecule has 0 spiro atoms. The molecule has 1 atom stereocenters. The normalized spacial score (nSPS) is 18.3. The van der Waals surface area contributed by atoms with E-state index in [0.29, 0.717) is 29.4 Å². The summed E-state index contributed by atoms with van der Waals surface area (Å²) in [6.45, 7) is 2.29. The molecule has 1 amide bonds. The van der Waals surface area contributed by atoms with Gasteiger partial charge >= 0.3 is 0 Å². The van der Waals surface area contributed by atoms with Crippen molar-refractivity contribution in [3.05, 3.63) is 89.0 Å². The zero-order chi connectivity index (χ0) is 24.7. The first-order valence-electron chi connectivity index (χ1n) is 10.8. The molecule has 2 aliphatic rings. The first-order chi connectivity index (χ1) is 16.9. The van der Waals surface area contributed by atoms with Crippen LogP contribution in [0.25, 0.3) is 5.76 Å². The average molecular weight is 479 g/mol. The van der Waals surface area contributed by atoms with Gasteiger partial charge in [0, 0.05) is 17.3 Å². The van der Waals surface area contributed by atoms with Gasteiger partial charge < -0.3 is 19.3 Å². The molecule has 3 aromatic carbocycles. The SMILES string of the molecule is CCOc1ccc(C2/C(=C(/O)c3ccc4c(c3)OCO4)C(=O)C(=O)N2c2ccc(F)c(F)c2)cc1. The van der Waals surface area contributed by atoms with Gasteiger partial charge in [-0.1, -0.05) is 12.1 Å². The zero-order valence-corrected chi connectivity index (χ0v) is 18.5. The Morgan fingerprint density at radius 1 is 1.00 bits per heavy atom. The number of ether oxygens (including phenoxy) is 3. The molecule has 0 radical (unpaired) electrons. The summed E-state index contributed by atoms with van der Waals surface area (Å²) in [5.74, 6) is -3.24. The summed E-state index contributed by atoms with van der Waals surface area (Å²) in [7, 11) is 0. The first kappa shape index (κ1) is 22.4. The van der Waals surface area contributed by atoms with Crippen molar-refractivity contribution in [1.29, 1.82) is 0 Å². The fourth-order valence-corrected chi connectivity index (χ4v) is 4.16. The smallest absolute Gasteiger partial charge is 0.300 e. The van der Waals surface area contributed by atoms with Crippen LogP contribution in [-0.4, -0.2) is 30.2 Å². The Hall–Kier alpha value is -4.40. The maximum absolute atomic E-state index is 14.1. The van der Waals surface area contributed by atoms with Gasteiger partial charge in [0.1, 0.15) is 11.5 Å². The summed E-state index contributed by atoms with van der Waals surface area (Å²) in [4.78, 5) is 27.4. The van der Waals surface area contributed by atoms with Crippen LogP contribution in [0.3, 0.4) is 0 Å². The molecule has 3 aromatic rings. The van der Waals surface area contributed by atoms with Gasteiger partial charge in [-0.3, -0.25) is 14.5 Å². The molecule has 0 saturated carbocycles. The fourth-order valence-electron chi connectivity index (χ4n) is 4.16. The van der Waals surface area contributed by atoms with Gasteiger partial charge in [0.05, 0.1) is 18.2 Å². The Morgan fingerprint density at radius 2 is 1.74 bits per heavy atom. The quantitative estimate of drug-likeness (QED) is 0.324. The van der Waals surface area contributed by atoms with Crippen LogP contribution in [0.2, 0.25) is 0 Å². The van der Waals surface area contributed by atoms with E-state index in [9.17, 15) is 23.5 Å². The van der Waals surface area contributed by atoms with Gasteiger partial charge in [0.2, 0.25) is 6.79 Å². The van der Waals surface area contributed by atoms with Crippen molar-refractivity contribution in [2.75, 3.05) is 18.3 Å². The third kappa shape index (κ3) is 3.84. The van der Waals surface area contributed by atoms with E-state index < -0.39 is 35.1 Å². The highest BCUT2D eigenvalue weighted by Crippen LogP contribution is 2.44. The van der Waals surface area contributed by atoms with Gasteiger partial charge in [-0.2, -0.15) is 0 Å². The molecule has 1 saturated heterocycles. The Morgan fingerprint density at radius 3 is 2.46 bits per heavy atom. The highest BCUT2D eigenvalue weighted by Gasteiger charge is 2.47. The molecule has 0 bridgehead atoms. The van der Waals surface area contributed by atoms with E-state index in [2.05, 4.69) is 0 Å². The molecule has 178 valence electrons. The van der Waals surface area contributed by atoms with Crippen LogP contribution < -0.4 is 19.1 Å². The van der Waals surface area contributed by atoms with Crippen LogP contribution in [0.1, 0.15) is 24.1 Å². The van der Waals surface area contributed by atoms with Crippen LogP contribution in [0.5, 0.6) is 17.2 Å². The minimum absolute atomic E-state index is 0.0201. The maximum Gasteiger partial charge on any atom is 0.300 e. The number of aliphatic hydroxyl groups excluding tert-OH is 1. The van der Waals surface area contributed by atoms with Crippen LogP contribution in [0, 0.1) is 11.6 Å². The molecule has 2 heterocycles. The highest BCUT2D eigenvalue weighted by molar-refractivity contribution is 6.51. The number of aliphatic hydroxyl groups is 1. The number of hydrogen-bond donors (Lipinski definition) is 1. The second-order valence-corrected chi connectivity index (χ2v) is 7.84. The Labute approximate surface area is 198 Å². The molecule has 1 unspecified atom stereocenters. The predicted octanol–water partition coefficient (Wildman–Crippen LogP) is 4.72. The van der Waals surface area contributed by atoms with Crippen molar-refractivity contribution < 1.29 is 37.7 Å². The lowest BCUT2D eigenvalue weighted by molar-refractivity contribution is -0.132. The van der Waals surface area contributed by atoms with Crippen LogP contribution in [0.15, 0.2) is 66.2 Å². The lowest BCUT2D eigenvalue weighted by atomic mass is 9.95. The highest BCUT2D eigenvalue weighted by atomic mass is 19.2. The monoisotopic (exact) mass is 479 g/mol. The zero-order valence-electron chi connectivity index (χ0n) is 18.5. The second kappa shape index (κ2) is 8.75. The number of rotatable bonds is 5. The molecule has 7 nitrogen and oxygen atoms in total. The number of anilines is 1. The Balaban J connectivity index is 1.68. The lowest BCUT2D eigenvalue weighted by Gasteiger charge is -2.25. The third-order valence-corrected chi connectivity index (χ3v) is 5.78. The third-order valence-electron chi connectivity index (χ3n) is 5.78. The second-order valence-electron chi connectivity index (χ2n) is 7.84. The van der Waals surface area contributed by atoms with Crippen molar-refractivity contribution >= 4 is 23.1 Å². The summed E-state index contributed by atoms with van der Waals surface area (Å²) < 4.78 is 43.8. The van der Waals surface area contributed by atoms with Crippen LogP contribution in [0.4, 0.5) is 14.5 Å². The predicted molar refractivity (Wildman–Crippen MR) is 121 cm³/mol. The molecular formula is C26H19F2NO6. The number of carbonyl (C=O) groups is 2. The van der Waals surface area contributed by atoms with Crippen molar-refractivity contribution in [2.24, 2.45) is 0 Å². The minimum atomic E-state index is -1.18. The van der Waals surface area contributed by atoms with Gasteiger partial charge in [-0.15, -0.1) is 0 Å². The number of carbonyl (C=O) groups excluding carboxylic acids is 2. The van der Waals surface area contributed by atoms with E-state index in [1.807, 2.05) is 6.92 Å². The Bertz CT molecular complexity index is 1370. The number of benzene rings is 3. The summed E-state index contributed by atoms with van der Waals surface area (Å²) in [5, 5.41) is 11.2. The van der Waals surface area contributed by atoms with E-state index in [4.69, 9.17) is 14.2 Å². The largest absolute Gasteiger partial charge is 0.507 e. The van der Waals surface area contributed by atoms with E-state index in [0.717, 1.165) is 17.0 Å². The number of nitrogens with zero attached hydrogens (tertiary/aromatic N) is 1. The molecule has 0 aliphatic carbocycles. The number of Topliss-reactive ketones (excluding diaryl/α,β-unsaturated/α-hetero) is 1. The molecule has 35 heavy (non-hydrogen) atoms. The average Bonchev–Trinajstić information content (AvgIpc) is 3.43. The molecular weight excluding hydrogens is 460 g/mol. The van der Waals surface area contributed by atoms with Gasteiger partial charge in [-0.25, -0.2) is 8.78 Å².